The van der Waals surface area contributed by atoms with Gasteiger partial charge in [-0.25, -0.2) is 12.8 Å². The minimum absolute atomic E-state index is 0.187. The smallest absolute Gasteiger partial charge is 0.207 e. The molecule has 1 aromatic rings. The van der Waals surface area contributed by atoms with Crippen molar-refractivity contribution in [2.24, 2.45) is 0 Å². The maximum Gasteiger partial charge on any atom is 0.243 e. The van der Waals surface area contributed by atoms with Gasteiger partial charge in [0, 0.05) is 19.0 Å². The third kappa shape index (κ3) is 3.68. The third-order valence-electron chi connectivity index (χ3n) is 2.83. The second-order valence-electron chi connectivity index (χ2n) is 4.46. The Bertz CT molecular complexity index is 517. The summed E-state index contributed by atoms with van der Waals surface area (Å²) in [5.41, 5.74) is 0.848. The zero-order valence-corrected chi connectivity index (χ0v) is 13.0. The first-order valence-electron chi connectivity index (χ1n) is 6.17. The van der Waals surface area contributed by atoms with Crippen LogP contribution in [0, 0.1) is 19.7 Å². The van der Waals surface area contributed by atoms with E-state index in [-0.39, 0.29) is 17.3 Å². The molecule has 0 unspecified atom stereocenters. The maximum atomic E-state index is 13.3. The molecule has 0 saturated carbocycles. The summed E-state index contributed by atoms with van der Waals surface area (Å²) in [6.45, 7) is 5.78. The molecule has 0 atom stereocenters. The van der Waals surface area contributed by atoms with Crippen LogP contribution < -0.4 is 0 Å². The van der Waals surface area contributed by atoms with Crippen LogP contribution in [-0.4, -0.2) is 31.7 Å². The Morgan fingerprint density at radius 2 is 1.74 bits per heavy atom. The molecule has 3 nitrogen and oxygen atoms in total. The fraction of sp³-hybridized carbons (Fsp3) is 0.538. The van der Waals surface area contributed by atoms with Gasteiger partial charge in [0.2, 0.25) is 10.0 Å². The van der Waals surface area contributed by atoms with Gasteiger partial charge < -0.3 is 0 Å². The van der Waals surface area contributed by atoms with Crippen LogP contribution in [0.2, 0.25) is 0 Å². The lowest BCUT2D eigenvalue weighted by atomic mass is 10.1. The average Bonchev–Trinajstić information content (AvgIpc) is 2.26. The quantitative estimate of drug-likeness (QED) is 0.757. The van der Waals surface area contributed by atoms with Crippen molar-refractivity contribution < 1.29 is 12.8 Å². The molecule has 0 aliphatic heterocycles. The first-order chi connectivity index (χ1) is 8.84. The second-order valence-corrected chi connectivity index (χ2v) is 6.71. The van der Waals surface area contributed by atoms with Crippen molar-refractivity contribution in [3.05, 3.63) is 29.1 Å². The Balaban J connectivity index is 3.33. The van der Waals surface area contributed by atoms with Crippen molar-refractivity contribution in [1.82, 2.24) is 4.31 Å². The lowest BCUT2D eigenvalue weighted by Crippen LogP contribution is -2.34. The highest BCUT2D eigenvalue weighted by atomic mass is 35.5. The normalized spacial score (nSPS) is 12.1. The number of benzene rings is 1. The Hall–Kier alpha value is -0.650. The fourth-order valence-corrected chi connectivity index (χ4v) is 4.38. The van der Waals surface area contributed by atoms with Gasteiger partial charge in [-0.15, -0.1) is 11.6 Å². The first kappa shape index (κ1) is 16.4. The van der Waals surface area contributed by atoms with Gasteiger partial charge >= 0.3 is 0 Å². The van der Waals surface area contributed by atoms with E-state index in [0.29, 0.717) is 24.1 Å². The molecule has 6 heteroatoms. The Morgan fingerprint density at radius 3 is 2.16 bits per heavy atom. The summed E-state index contributed by atoms with van der Waals surface area (Å²) >= 11 is 5.66. The van der Waals surface area contributed by atoms with Crippen LogP contribution in [0.1, 0.15) is 24.5 Å². The predicted octanol–water partition coefficient (Wildman–Crippen LogP) is 3.08. The van der Waals surface area contributed by atoms with Crippen LogP contribution in [0.5, 0.6) is 0 Å². The van der Waals surface area contributed by atoms with E-state index >= 15 is 0 Å². The van der Waals surface area contributed by atoms with Crippen molar-refractivity contribution in [1.29, 1.82) is 0 Å². The molecule has 0 fully saturated rings. The number of rotatable bonds is 6. The highest BCUT2D eigenvalue weighted by Gasteiger charge is 2.27. The van der Waals surface area contributed by atoms with Gasteiger partial charge in [-0.3, -0.25) is 0 Å². The minimum atomic E-state index is -3.62. The number of aryl methyl sites for hydroxylation is 2. The number of halogens is 2. The molecule has 0 spiro atoms. The number of hydrogen-bond acceptors (Lipinski definition) is 2. The largest absolute Gasteiger partial charge is 0.243 e. The summed E-state index contributed by atoms with van der Waals surface area (Å²) in [4.78, 5) is 0.187. The summed E-state index contributed by atoms with van der Waals surface area (Å²) < 4.78 is 39.8. The van der Waals surface area contributed by atoms with Crippen LogP contribution in [0.15, 0.2) is 17.0 Å². The van der Waals surface area contributed by atoms with Gasteiger partial charge in [0.25, 0.3) is 0 Å². The number of alkyl halides is 1. The molecule has 0 saturated heterocycles. The van der Waals surface area contributed by atoms with E-state index in [1.54, 1.807) is 13.8 Å². The van der Waals surface area contributed by atoms with E-state index in [1.165, 1.54) is 16.4 Å². The Kier molecular flexibility index (Phi) is 5.77. The molecule has 19 heavy (non-hydrogen) atoms. The van der Waals surface area contributed by atoms with Crippen LogP contribution >= 0.6 is 11.6 Å². The predicted molar refractivity (Wildman–Crippen MR) is 75.6 cm³/mol. The van der Waals surface area contributed by atoms with E-state index in [9.17, 15) is 12.8 Å². The first-order valence-corrected chi connectivity index (χ1v) is 8.15. The molecule has 0 N–H and O–H groups in total. The Labute approximate surface area is 119 Å². The molecule has 1 aromatic carbocycles. The second kappa shape index (κ2) is 6.68. The fourth-order valence-electron chi connectivity index (χ4n) is 2.13. The molecule has 0 heterocycles. The number of nitrogens with zero attached hydrogens (tertiary/aromatic N) is 1. The van der Waals surface area contributed by atoms with Crippen molar-refractivity contribution in [3.63, 3.8) is 0 Å². The summed E-state index contributed by atoms with van der Waals surface area (Å²) in [6.07, 6.45) is 0.704. The van der Waals surface area contributed by atoms with Crippen molar-refractivity contribution in [2.45, 2.75) is 32.1 Å². The lowest BCUT2D eigenvalue weighted by molar-refractivity contribution is 0.428. The molecular formula is C13H19ClFNO2S. The van der Waals surface area contributed by atoms with Crippen molar-refractivity contribution in [3.8, 4) is 0 Å². The summed E-state index contributed by atoms with van der Waals surface area (Å²) in [6, 6.07) is 2.48. The highest BCUT2D eigenvalue weighted by Crippen LogP contribution is 2.25. The van der Waals surface area contributed by atoms with E-state index < -0.39 is 15.8 Å². The van der Waals surface area contributed by atoms with Gasteiger partial charge in [0.1, 0.15) is 5.82 Å². The topological polar surface area (TPSA) is 37.4 Å². The van der Waals surface area contributed by atoms with Crippen LogP contribution in [0.25, 0.3) is 0 Å². The molecular weight excluding hydrogens is 289 g/mol. The molecule has 0 amide bonds. The summed E-state index contributed by atoms with van der Waals surface area (Å²) in [5, 5.41) is 0. The summed E-state index contributed by atoms with van der Waals surface area (Å²) in [7, 11) is -3.62. The van der Waals surface area contributed by atoms with E-state index in [0.717, 1.165) is 0 Å². The maximum absolute atomic E-state index is 13.3. The molecule has 0 bridgehead atoms. The van der Waals surface area contributed by atoms with Crippen molar-refractivity contribution in [2.75, 3.05) is 19.0 Å². The zero-order valence-electron chi connectivity index (χ0n) is 11.4. The Morgan fingerprint density at radius 1 is 1.21 bits per heavy atom. The molecule has 0 aliphatic rings. The SMILES string of the molecule is CCCN(CCCl)S(=O)(=O)c1c(C)cc(F)cc1C. The van der Waals surface area contributed by atoms with Gasteiger partial charge in [-0.2, -0.15) is 4.31 Å². The van der Waals surface area contributed by atoms with E-state index in [2.05, 4.69) is 0 Å². The molecule has 0 radical (unpaired) electrons. The molecule has 1 rings (SSSR count). The van der Waals surface area contributed by atoms with Crippen LogP contribution in [0.3, 0.4) is 0 Å². The average molecular weight is 308 g/mol. The molecule has 0 aliphatic carbocycles. The van der Waals surface area contributed by atoms with E-state index in [4.69, 9.17) is 11.6 Å². The van der Waals surface area contributed by atoms with Gasteiger partial charge in [0.05, 0.1) is 4.90 Å². The number of sulfonamides is 1. The van der Waals surface area contributed by atoms with Gasteiger partial charge in [0.15, 0.2) is 0 Å². The third-order valence-corrected chi connectivity index (χ3v) is 5.20. The lowest BCUT2D eigenvalue weighted by Gasteiger charge is -2.22. The standard InChI is InChI=1S/C13H19ClFNO2S/c1-4-6-16(7-5-14)19(17,18)13-10(2)8-12(15)9-11(13)3/h8-9H,4-7H2,1-3H3. The van der Waals surface area contributed by atoms with Gasteiger partial charge in [-0.1, -0.05) is 6.92 Å². The monoisotopic (exact) mass is 307 g/mol. The number of hydrogen-bond donors (Lipinski definition) is 0. The van der Waals surface area contributed by atoms with E-state index in [1.807, 2.05) is 6.92 Å². The van der Waals surface area contributed by atoms with Crippen LogP contribution in [0.4, 0.5) is 4.39 Å². The molecule has 108 valence electrons. The molecule has 0 aromatic heterocycles. The minimum Gasteiger partial charge on any atom is -0.207 e. The van der Waals surface area contributed by atoms with Crippen LogP contribution in [-0.2, 0) is 10.0 Å². The summed E-state index contributed by atoms with van der Waals surface area (Å²) in [5.74, 6) is -0.188. The zero-order chi connectivity index (χ0) is 14.6. The van der Waals surface area contributed by atoms with Gasteiger partial charge in [-0.05, 0) is 43.5 Å². The highest BCUT2D eigenvalue weighted by molar-refractivity contribution is 7.89. The van der Waals surface area contributed by atoms with Crippen molar-refractivity contribution >= 4 is 21.6 Å².